The van der Waals surface area contributed by atoms with Crippen molar-refractivity contribution in [2.75, 3.05) is 26.7 Å². The van der Waals surface area contributed by atoms with Crippen LogP contribution >= 0.6 is 0 Å². The fourth-order valence-electron chi connectivity index (χ4n) is 2.99. The van der Waals surface area contributed by atoms with E-state index in [4.69, 9.17) is 18.9 Å². The molecule has 2 amide bonds. The molecule has 8 heteroatoms. The first kappa shape index (κ1) is 18.0. The molecule has 0 unspecified atom stereocenters. The fraction of sp³-hybridized carbons (Fsp3) is 0.300. The molecule has 0 saturated heterocycles. The Bertz CT molecular complexity index is 825. The van der Waals surface area contributed by atoms with Gasteiger partial charge in [0.1, 0.15) is 0 Å². The largest absolute Gasteiger partial charge is 0.454 e. The molecular formula is C20H20N2O6. The van der Waals surface area contributed by atoms with Crippen molar-refractivity contribution in [3.63, 3.8) is 0 Å². The third-order valence-electron chi connectivity index (χ3n) is 4.48. The summed E-state index contributed by atoms with van der Waals surface area (Å²) in [4.78, 5) is 23.8. The molecule has 0 fully saturated rings. The number of fused-ring (bicyclic) bond motifs is 2. The smallest absolute Gasteiger partial charge is 0.309 e. The lowest BCUT2D eigenvalue weighted by Crippen LogP contribution is -2.41. The number of carbonyl (C=O) groups excluding carboxylic acids is 2. The van der Waals surface area contributed by atoms with Crippen LogP contribution in [-0.4, -0.2) is 38.5 Å². The van der Waals surface area contributed by atoms with Gasteiger partial charge in [0, 0.05) is 13.1 Å². The van der Waals surface area contributed by atoms with Gasteiger partial charge in [0.2, 0.25) is 13.6 Å². The van der Waals surface area contributed by atoms with Crippen molar-refractivity contribution in [1.82, 2.24) is 10.6 Å². The quantitative estimate of drug-likeness (QED) is 0.726. The summed E-state index contributed by atoms with van der Waals surface area (Å²) in [7, 11) is 0. The van der Waals surface area contributed by atoms with E-state index in [9.17, 15) is 9.59 Å². The van der Waals surface area contributed by atoms with Crippen molar-refractivity contribution in [2.24, 2.45) is 0 Å². The second-order valence-electron chi connectivity index (χ2n) is 6.39. The highest BCUT2D eigenvalue weighted by atomic mass is 16.7. The lowest BCUT2D eigenvalue weighted by atomic mass is 10.1. The Hall–Kier alpha value is -3.42. The van der Waals surface area contributed by atoms with Crippen LogP contribution in [0.2, 0.25) is 0 Å². The van der Waals surface area contributed by atoms with Crippen molar-refractivity contribution in [2.45, 2.75) is 12.8 Å². The molecule has 28 heavy (non-hydrogen) atoms. The number of amides is 2. The number of hydrogen-bond acceptors (Lipinski definition) is 6. The van der Waals surface area contributed by atoms with E-state index in [0.29, 0.717) is 37.4 Å². The van der Waals surface area contributed by atoms with E-state index in [1.54, 1.807) is 0 Å². The molecule has 2 aromatic rings. The third-order valence-corrected chi connectivity index (χ3v) is 4.48. The highest BCUT2D eigenvalue weighted by Crippen LogP contribution is 2.33. The zero-order chi connectivity index (χ0) is 19.3. The molecular weight excluding hydrogens is 364 g/mol. The molecule has 2 N–H and O–H groups in total. The average molecular weight is 384 g/mol. The molecule has 146 valence electrons. The highest BCUT2D eigenvalue weighted by Gasteiger charge is 2.16. The number of ether oxygens (including phenoxy) is 4. The topological polar surface area (TPSA) is 95.1 Å². The maximum Gasteiger partial charge on any atom is 0.309 e. The Balaban J connectivity index is 1.17. The van der Waals surface area contributed by atoms with Gasteiger partial charge in [-0.1, -0.05) is 12.1 Å². The van der Waals surface area contributed by atoms with Crippen LogP contribution in [-0.2, 0) is 22.4 Å². The Labute approximate surface area is 161 Å². The van der Waals surface area contributed by atoms with E-state index in [-0.39, 0.29) is 13.6 Å². The lowest BCUT2D eigenvalue weighted by molar-refractivity contribution is -0.139. The van der Waals surface area contributed by atoms with Crippen LogP contribution in [0.4, 0.5) is 0 Å². The van der Waals surface area contributed by atoms with Gasteiger partial charge >= 0.3 is 11.8 Å². The molecule has 2 aliphatic rings. The Morgan fingerprint density at radius 2 is 1.11 bits per heavy atom. The molecule has 0 spiro atoms. The van der Waals surface area contributed by atoms with Crippen molar-refractivity contribution in [3.05, 3.63) is 47.5 Å². The molecule has 0 saturated carbocycles. The number of rotatable bonds is 6. The Morgan fingerprint density at radius 3 is 1.57 bits per heavy atom. The van der Waals surface area contributed by atoms with E-state index in [2.05, 4.69) is 10.6 Å². The standard InChI is InChI=1S/C20H20N2O6/c23-19(21-7-5-13-1-3-15-17(9-13)27-11-25-15)20(24)22-8-6-14-2-4-16-18(10-14)28-12-26-16/h1-4,9-10H,5-8,11-12H2,(H,21,23)(H,22,24). The summed E-state index contributed by atoms with van der Waals surface area (Å²) in [6, 6.07) is 11.2. The van der Waals surface area contributed by atoms with Crippen LogP contribution in [0.3, 0.4) is 0 Å². The second-order valence-corrected chi connectivity index (χ2v) is 6.39. The van der Waals surface area contributed by atoms with Gasteiger partial charge in [-0.25, -0.2) is 0 Å². The maximum absolute atomic E-state index is 11.9. The molecule has 2 heterocycles. The second kappa shape index (κ2) is 8.08. The molecule has 0 aliphatic carbocycles. The van der Waals surface area contributed by atoms with E-state index < -0.39 is 11.8 Å². The molecule has 4 rings (SSSR count). The third kappa shape index (κ3) is 4.11. The van der Waals surface area contributed by atoms with Gasteiger partial charge in [0.25, 0.3) is 0 Å². The van der Waals surface area contributed by atoms with Crippen LogP contribution in [0.25, 0.3) is 0 Å². The van der Waals surface area contributed by atoms with E-state index >= 15 is 0 Å². The van der Waals surface area contributed by atoms with Crippen molar-refractivity contribution in [1.29, 1.82) is 0 Å². The van der Waals surface area contributed by atoms with Gasteiger partial charge in [-0.15, -0.1) is 0 Å². The minimum atomic E-state index is -0.647. The summed E-state index contributed by atoms with van der Waals surface area (Å²) in [5.74, 6) is 1.54. The zero-order valence-corrected chi connectivity index (χ0v) is 15.2. The zero-order valence-electron chi connectivity index (χ0n) is 15.2. The molecule has 2 aliphatic heterocycles. The molecule has 0 radical (unpaired) electrons. The Morgan fingerprint density at radius 1 is 0.679 bits per heavy atom. The lowest BCUT2D eigenvalue weighted by Gasteiger charge is -2.08. The average Bonchev–Trinajstić information content (AvgIpc) is 3.36. The van der Waals surface area contributed by atoms with E-state index in [1.165, 1.54) is 0 Å². The van der Waals surface area contributed by atoms with Gasteiger partial charge in [0.05, 0.1) is 0 Å². The normalized spacial score (nSPS) is 13.3. The van der Waals surface area contributed by atoms with Crippen LogP contribution < -0.4 is 29.6 Å². The number of carbonyl (C=O) groups is 2. The van der Waals surface area contributed by atoms with Gasteiger partial charge in [0.15, 0.2) is 23.0 Å². The summed E-state index contributed by atoms with van der Waals surface area (Å²) >= 11 is 0. The molecule has 0 atom stereocenters. The van der Waals surface area contributed by atoms with Crippen LogP contribution in [0.15, 0.2) is 36.4 Å². The summed E-state index contributed by atoms with van der Waals surface area (Å²) in [6.07, 6.45) is 1.18. The predicted octanol–water partition coefficient (Wildman–Crippen LogP) is 1.16. The summed E-state index contributed by atoms with van der Waals surface area (Å²) in [6.45, 7) is 1.16. The van der Waals surface area contributed by atoms with Crippen LogP contribution in [0.5, 0.6) is 23.0 Å². The van der Waals surface area contributed by atoms with Crippen molar-refractivity contribution < 1.29 is 28.5 Å². The Kier molecular flexibility index (Phi) is 5.18. The van der Waals surface area contributed by atoms with Gasteiger partial charge in [-0.3, -0.25) is 9.59 Å². The summed E-state index contributed by atoms with van der Waals surface area (Å²) in [5.41, 5.74) is 1.99. The SMILES string of the molecule is O=C(NCCc1ccc2c(c1)OCO2)C(=O)NCCc1ccc2c(c1)OCO2. The number of benzene rings is 2. The highest BCUT2D eigenvalue weighted by molar-refractivity contribution is 6.35. The van der Waals surface area contributed by atoms with Crippen molar-refractivity contribution in [3.8, 4) is 23.0 Å². The molecule has 0 bridgehead atoms. The molecule has 0 aromatic heterocycles. The molecule has 2 aromatic carbocycles. The first-order valence-corrected chi connectivity index (χ1v) is 9.02. The monoisotopic (exact) mass is 384 g/mol. The molecule has 8 nitrogen and oxygen atoms in total. The van der Waals surface area contributed by atoms with E-state index in [1.807, 2.05) is 36.4 Å². The number of hydrogen-bond donors (Lipinski definition) is 2. The van der Waals surface area contributed by atoms with Gasteiger partial charge in [-0.05, 0) is 48.2 Å². The van der Waals surface area contributed by atoms with Gasteiger partial charge < -0.3 is 29.6 Å². The minimum absolute atomic E-state index is 0.224. The van der Waals surface area contributed by atoms with Gasteiger partial charge in [-0.2, -0.15) is 0 Å². The van der Waals surface area contributed by atoms with E-state index in [0.717, 1.165) is 22.6 Å². The summed E-state index contributed by atoms with van der Waals surface area (Å²) < 4.78 is 21.2. The summed E-state index contributed by atoms with van der Waals surface area (Å²) in [5, 5.41) is 5.24. The minimum Gasteiger partial charge on any atom is -0.454 e. The fourth-order valence-corrected chi connectivity index (χ4v) is 2.99. The predicted molar refractivity (Wildman–Crippen MR) is 98.6 cm³/mol. The van der Waals surface area contributed by atoms with Crippen LogP contribution in [0.1, 0.15) is 11.1 Å². The maximum atomic E-state index is 11.9. The first-order valence-electron chi connectivity index (χ1n) is 9.02. The first-order chi connectivity index (χ1) is 13.7. The number of nitrogens with one attached hydrogen (secondary N) is 2. The van der Waals surface area contributed by atoms with Crippen LogP contribution in [0, 0.1) is 0 Å². The van der Waals surface area contributed by atoms with Crippen molar-refractivity contribution >= 4 is 11.8 Å².